The number of hydrogen-bond donors (Lipinski definition) is 2. The van der Waals surface area contributed by atoms with Crippen LogP contribution in [0.2, 0.25) is 0 Å². The number of halogens is 1. The molecule has 0 radical (unpaired) electrons. The number of rotatable bonds is 7. The highest BCUT2D eigenvalue weighted by Crippen LogP contribution is 2.27. The summed E-state index contributed by atoms with van der Waals surface area (Å²) >= 11 is 3.34. The van der Waals surface area contributed by atoms with Gasteiger partial charge in [0.05, 0.1) is 4.90 Å². The quantitative estimate of drug-likeness (QED) is 0.774. The maximum atomic E-state index is 12.4. The molecule has 5 nitrogen and oxygen atoms in total. The van der Waals surface area contributed by atoms with Gasteiger partial charge in [-0.1, -0.05) is 6.07 Å². The Balaban J connectivity index is 3.06. The van der Waals surface area contributed by atoms with Crippen molar-refractivity contribution >= 4 is 26.0 Å². The van der Waals surface area contributed by atoms with Crippen LogP contribution in [0.25, 0.3) is 0 Å². The molecule has 1 unspecified atom stereocenters. The number of methoxy groups -OCH3 is 1. The molecule has 20 heavy (non-hydrogen) atoms. The highest BCUT2D eigenvalue weighted by atomic mass is 79.9. The molecule has 1 aromatic carbocycles. The second kappa shape index (κ2) is 7.51. The molecule has 0 saturated carbocycles. The number of benzene rings is 1. The normalized spacial score (nSPS) is 13.4. The summed E-state index contributed by atoms with van der Waals surface area (Å²) in [6.45, 7) is 4.46. The van der Waals surface area contributed by atoms with Crippen molar-refractivity contribution in [1.29, 1.82) is 0 Å². The molecule has 0 bridgehead atoms. The Bertz CT molecular complexity index is 561. The van der Waals surface area contributed by atoms with E-state index in [1.165, 1.54) is 0 Å². The molecule has 0 heterocycles. The Morgan fingerprint density at radius 3 is 2.65 bits per heavy atom. The van der Waals surface area contributed by atoms with Crippen LogP contribution in [0.1, 0.15) is 24.5 Å². The van der Waals surface area contributed by atoms with Gasteiger partial charge in [0.1, 0.15) is 0 Å². The summed E-state index contributed by atoms with van der Waals surface area (Å²) in [6.07, 6.45) is 0.614. The average molecular weight is 365 g/mol. The molecule has 1 aromatic rings. The van der Waals surface area contributed by atoms with E-state index < -0.39 is 10.0 Å². The number of ether oxygens (including phenoxy) is 1. The Labute approximate surface area is 129 Å². The first kappa shape index (κ1) is 17.6. The van der Waals surface area contributed by atoms with E-state index in [0.29, 0.717) is 24.0 Å². The molecule has 0 fully saturated rings. The van der Waals surface area contributed by atoms with Gasteiger partial charge in [-0.25, -0.2) is 13.1 Å². The Kier molecular flexibility index (Phi) is 6.60. The van der Waals surface area contributed by atoms with Gasteiger partial charge in [-0.05, 0) is 53.4 Å². The van der Waals surface area contributed by atoms with E-state index in [-0.39, 0.29) is 10.9 Å². The van der Waals surface area contributed by atoms with Gasteiger partial charge < -0.3 is 10.5 Å². The van der Waals surface area contributed by atoms with E-state index in [2.05, 4.69) is 20.7 Å². The Morgan fingerprint density at radius 1 is 1.45 bits per heavy atom. The van der Waals surface area contributed by atoms with Crippen molar-refractivity contribution in [2.75, 3.05) is 13.7 Å². The first-order valence-corrected chi connectivity index (χ1v) is 8.59. The predicted molar refractivity (Wildman–Crippen MR) is 83.0 cm³/mol. The fraction of sp³-hybridized carbons (Fsp3) is 0.538. The van der Waals surface area contributed by atoms with Gasteiger partial charge in [0.2, 0.25) is 10.0 Å². The van der Waals surface area contributed by atoms with Crippen molar-refractivity contribution in [3.8, 4) is 0 Å². The van der Waals surface area contributed by atoms with Gasteiger partial charge >= 0.3 is 0 Å². The van der Waals surface area contributed by atoms with Crippen molar-refractivity contribution in [1.82, 2.24) is 4.72 Å². The summed E-state index contributed by atoms with van der Waals surface area (Å²) in [5.74, 6) is 0. The first-order chi connectivity index (χ1) is 9.31. The standard InChI is InChI=1S/C13H21BrN2O3S/c1-9-6-11(8-15)7-12(13(9)14)20(17,18)16-10(2)4-5-19-3/h6-7,10,16H,4-5,8,15H2,1-3H3. The molecule has 0 aliphatic rings. The van der Waals surface area contributed by atoms with E-state index in [1.807, 2.05) is 19.9 Å². The van der Waals surface area contributed by atoms with Crippen molar-refractivity contribution in [3.05, 3.63) is 27.7 Å². The lowest BCUT2D eigenvalue weighted by Gasteiger charge is -2.16. The summed E-state index contributed by atoms with van der Waals surface area (Å²) in [6, 6.07) is 3.27. The second-order valence-corrected chi connectivity index (χ2v) is 7.21. The number of aryl methyl sites for hydroxylation is 1. The van der Waals surface area contributed by atoms with Gasteiger partial charge in [-0.3, -0.25) is 0 Å². The Morgan fingerprint density at radius 2 is 2.10 bits per heavy atom. The lowest BCUT2D eigenvalue weighted by Crippen LogP contribution is -2.33. The average Bonchev–Trinajstić information content (AvgIpc) is 2.38. The lowest BCUT2D eigenvalue weighted by atomic mass is 10.1. The second-order valence-electron chi connectivity index (χ2n) is 4.73. The molecule has 0 spiro atoms. The topological polar surface area (TPSA) is 81.4 Å². The number of hydrogen-bond acceptors (Lipinski definition) is 4. The van der Waals surface area contributed by atoms with Gasteiger partial charge in [0.15, 0.2) is 0 Å². The molecule has 0 aliphatic heterocycles. The minimum atomic E-state index is -3.58. The summed E-state index contributed by atoms with van der Waals surface area (Å²) in [5.41, 5.74) is 7.23. The summed E-state index contributed by atoms with van der Waals surface area (Å²) < 4.78 is 33.0. The smallest absolute Gasteiger partial charge is 0.241 e. The highest BCUT2D eigenvalue weighted by Gasteiger charge is 2.21. The monoisotopic (exact) mass is 364 g/mol. The van der Waals surface area contributed by atoms with E-state index in [0.717, 1.165) is 11.1 Å². The van der Waals surface area contributed by atoms with Gasteiger partial charge in [0, 0.05) is 30.8 Å². The largest absolute Gasteiger partial charge is 0.385 e. The summed E-state index contributed by atoms with van der Waals surface area (Å²) in [4.78, 5) is 0.224. The number of nitrogens with two attached hydrogens (primary N) is 1. The zero-order chi connectivity index (χ0) is 15.3. The molecule has 1 rings (SSSR count). The van der Waals surface area contributed by atoms with Crippen molar-refractivity contribution in [2.24, 2.45) is 5.73 Å². The molecule has 0 saturated heterocycles. The molecular weight excluding hydrogens is 344 g/mol. The summed E-state index contributed by atoms with van der Waals surface area (Å²) in [7, 11) is -1.99. The van der Waals surface area contributed by atoms with E-state index >= 15 is 0 Å². The van der Waals surface area contributed by atoms with E-state index in [4.69, 9.17) is 10.5 Å². The van der Waals surface area contributed by atoms with Crippen molar-refractivity contribution in [3.63, 3.8) is 0 Å². The maximum absolute atomic E-state index is 12.4. The van der Waals surface area contributed by atoms with E-state index in [9.17, 15) is 8.42 Å². The van der Waals surface area contributed by atoms with Crippen LogP contribution in [0.4, 0.5) is 0 Å². The third-order valence-corrected chi connectivity index (χ3v) is 5.85. The molecule has 0 aromatic heterocycles. The SMILES string of the molecule is COCCC(C)NS(=O)(=O)c1cc(CN)cc(C)c1Br. The third-order valence-electron chi connectivity index (χ3n) is 2.92. The maximum Gasteiger partial charge on any atom is 0.241 e. The first-order valence-electron chi connectivity index (χ1n) is 6.32. The zero-order valence-corrected chi connectivity index (χ0v) is 14.3. The summed E-state index contributed by atoms with van der Waals surface area (Å²) in [5, 5.41) is 0. The van der Waals surface area contributed by atoms with E-state index in [1.54, 1.807) is 13.2 Å². The number of sulfonamides is 1. The van der Waals surface area contributed by atoms with Gasteiger partial charge in [-0.2, -0.15) is 0 Å². The van der Waals surface area contributed by atoms with Crippen LogP contribution in [0, 0.1) is 6.92 Å². The molecule has 114 valence electrons. The van der Waals surface area contributed by atoms with Crippen LogP contribution < -0.4 is 10.5 Å². The zero-order valence-electron chi connectivity index (χ0n) is 11.9. The minimum Gasteiger partial charge on any atom is -0.385 e. The van der Waals surface area contributed by atoms with Gasteiger partial charge in [-0.15, -0.1) is 0 Å². The van der Waals surface area contributed by atoms with Crippen molar-refractivity contribution in [2.45, 2.75) is 37.8 Å². The Hall–Kier alpha value is -0.470. The van der Waals surface area contributed by atoms with Gasteiger partial charge in [0.25, 0.3) is 0 Å². The fourth-order valence-corrected chi connectivity index (χ4v) is 4.15. The molecule has 0 aliphatic carbocycles. The fourth-order valence-electron chi connectivity index (χ4n) is 1.80. The van der Waals surface area contributed by atoms with Crippen LogP contribution >= 0.6 is 15.9 Å². The van der Waals surface area contributed by atoms with Crippen LogP contribution in [0.5, 0.6) is 0 Å². The minimum absolute atomic E-state index is 0.200. The third kappa shape index (κ3) is 4.53. The highest BCUT2D eigenvalue weighted by molar-refractivity contribution is 9.10. The van der Waals surface area contributed by atoms with Crippen LogP contribution in [0.3, 0.4) is 0 Å². The molecule has 7 heteroatoms. The molecule has 3 N–H and O–H groups in total. The predicted octanol–water partition coefficient (Wildman–Crippen LogP) is 1.92. The van der Waals surface area contributed by atoms with Crippen LogP contribution in [-0.4, -0.2) is 28.2 Å². The number of nitrogens with one attached hydrogen (secondary N) is 1. The molecule has 1 atom stereocenters. The molecular formula is C13H21BrN2O3S. The van der Waals surface area contributed by atoms with Crippen molar-refractivity contribution < 1.29 is 13.2 Å². The van der Waals surface area contributed by atoms with Crippen LogP contribution in [-0.2, 0) is 21.3 Å². The molecule has 0 amide bonds. The lowest BCUT2D eigenvalue weighted by molar-refractivity contribution is 0.188. The van der Waals surface area contributed by atoms with Crippen LogP contribution in [0.15, 0.2) is 21.5 Å².